The molecule has 1 rings (SSSR count). The molecule has 110 valence electrons. The van der Waals surface area contributed by atoms with Crippen LogP contribution in [0.15, 0.2) is 18.2 Å². The zero-order valence-electron chi connectivity index (χ0n) is 12.0. The summed E-state index contributed by atoms with van der Waals surface area (Å²) < 4.78 is 10.4. The van der Waals surface area contributed by atoms with Gasteiger partial charge >= 0.3 is 0 Å². The SMILES string of the molecule is CNC(=O)CNC(=O)CCc1cc(OC)ccc1OC. The predicted octanol–water partition coefficient (Wildman–Crippen LogP) is 0.499. The summed E-state index contributed by atoms with van der Waals surface area (Å²) in [7, 11) is 4.69. The highest BCUT2D eigenvalue weighted by Gasteiger charge is 2.09. The highest BCUT2D eigenvalue weighted by Crippen LogP contribution is 2.24. The topological polar surface area (TPSA) is 76.7 Å². The van der Waals surface area contributed by atoms with Crippen LogP contribution in [0, 0.1) is 0 Å². The number of likely N-dealkylation sites (N-methyl/N-ethyl adjacent to an activating group) is 1. The zero-order valence-corrected chi connectivity index (χ0v) is 12.0. The molecule has 0 unspecified atom stereocenters. The third-order valence-electron chi connectivity index (χ3n) is 2.83. The summed E-state index contributed by atoms with van der Waals surface area (Å²) in [4.78, 5) is 22.6. The van der Waals surface area contributed by atoms with Crippen molar-refractivity contribution in [2.75, 3.05) is 27.8 Å². The minimum atomic E-state index is -0.225. The zero-order chi connectivity index (χ0) is 15.0. The molecular formula is C14H20N2O4. The third-order valence-corrected chi connectivity index (χ3v) is 2.83. The summed E-state index contributed by atoms with van der Waals surface area (Å²) in [5.74, 6) is 1.02. The normalized spacial score (nSPS) is 9.75. The first-order chi connectivity index (χ1) is 9.60. The fraction of sp³-hybridized carbons (Fsp3) is 0.429. The number of carbonyl (C=O) groups is 2. The van der Waals surface area contributed by atoms with Gasteiger partial charge in [0.15, 0.2) is 0 Å². The van der Waals surface area contributed by atoms with E-state index in [4.69, 9.17) is 9.47 Å². The lowest BCUT2D eigenvalue weighted by molar-refractivity contribution is -0.125. The summed E-state index contributed by atoms with van der Waals surface area (Å²) in [6.45, 7) is -0.00935. The lowest BCUT2D eigenvalue weighted by Gasteiger charge is -2.10. The number of ether oxygens (including phenoxy) is 2. The van der Waals surface area contributed by atoms with Crippen LogP contribution in [-0.2, 0) is 16.0 Å². The Balaban J connectivity index is 2.55. The quantitative estimate of drug-likeness (QED) is 0.762. The van der Waals surface area contributed by atoms with E-state index in [2.05, 4.69) is 10.6 Å². The van der Waals surface area contributed by atoms with Crippen LogP contribution in [-0.4, -0.2) is 39.6 Å². The minimum Gasteiger partial charge on any atom is -0.497 e. The lowest BCUT2D eigenvalue weighted by atomic mass is 10.1. The molecule has 6 heteroatoms. The first-order valence-corrected chi connectivity index (χ1v) is 6.29. The van der Waals surface area contributed by atoms with Crippen LogP contribution in [0.4, 0.5) is 0 Å². The van der Waals surface area contributed by atoms with Gasteiger partial charge in [-0.15, -0.1) is 0 Å². The number of rotatable bonds is 7. The van der Waals surface area contributed by atoms with E-state index in [1.54, 1.807) is 26.4 Å². The summed E-state index contributed by atoms with van der Waals surface area (Å²) in [6, 6.07) is 5.44. The molecule has 1 aromatic carbocycles. The molecule has 0 bridgehead atoms. The second kappa shape index (κ2) is 8.04. The van der Waals surface area contributed by atoms with Crippen molar-refractivity contribution in [3.63, 3.8) is 0 Å². The fourth-order valence-electron chi connectivity index (χ4n) is 1.68. The summed E-state index contributed by atoms with van der Waals surface area (Å²) in [6.07, 6.45) is 0.792. The van der Waals surface area contributed by atoms with Gasteiger partial charge < -0.3 is 20.1 Å². The van der Waals surface area contributed by atoms with Gasteiger partial charge in [-0.3, -0.25) is 9.59 Å². The molecule has 1 aromatic rings. The maximum atomic E-state index is 11.6. The van der Waals surface area contributed by atoms with Gasteiger partial charge in [-0.25, -0.2) is 0 Å². The van der Waals surface area contributed by atoms with Gasteiger partial charge in [0.25, 0.3) is 0 Å². The van der Waals surface area contributed by atoms with Crippen LogP contribution in [0.25, 0.3) is 0 Å². The van der Waals surface area contributed by atoms with Crippen LogP contribution in [0.2, 0.25) is 0 Å². The Bertz CT molecular complexity index is 474. The van der Waals surface area contributed by atoms with Crippen molar-refractivity contribution >= 4 is 11.8 Å². The largest absolute Gasteiger partial charge is 0.497 e. The molecule has 0 saturated carbocycles. The van der Waals surface area contributed by atoms with Crippen LogP contribution < -0.4 is 20.1 Å². The van der Waals surface area contributed by atoms with Gasteiger partial charge in [-0.2, -0.15) is 0 Å². The number of amides is 2. The van der Waals surface area contributed by atoms with Gasteiger partial charge in [0, 0.05) is 13.5 Å². The van der Waals surface area contributed by atoms with Crippen LogP contribution >= 0.6 is 0 Å². The maximum Gasteiger partial charge on any atom is 0.239 e. The lowest BCUT2D eigenvalue weighted by Crippen LogP contribution is -2.35. The van der Waals surface area contributed by atoms with Gasteiger partial charge in [0.1, 0.15) is 11.5 Å². The molecule has 0 aliphatic carbocycles. The minimum absolute atomic E-state index is 0.00935. The van der Waals surface area contributed by atoms with Crippen LogP contribution in [0.3, 0.4) is 0 Å². The van der Waals surface area contributed by atoms with E-state index in [0.717, 1.165) is 5.56 Å². The van der Waals surface area contributed by atoms with E-state index in [1.165, 1.54) is 7.05 Å². The van der Waals surface area contributed by atoms with Crippen molar-refractivity contribution in [1.29, 1.82) is 0 Å². The molecule has 0 aliphatic rings. The van der Waals surface area contributed by atoms with E-state index in [0.29, 0.717) is 17.9 Å². The summed E-state index contributed by atoms with van der Waals surface area (Å²) in [5, 5.41) is 4.98. The summed E-state index contributed by atoms with van der Waals surface area (Å²) >= 11 is 0. The van der Waals surface area contributed by atoms with Crippen molar-refractivity contribution in [3.8, 4) is 11.5 Å². The Morgan fingerprint density at radius 1 is 1.15 bits per heavy atom. The van der Waals surface area contributed by atoms with Gasteiger partial charge in [0.2, 0.25) is 11.8 Å². The number of methoxy groups -OCH3 is 2. The van der Waals surface area contributed by atoms with Gasteiger partial charge in [-0.1, -0.05) is 0 Å². The van der Waals surface area contributed by atoms with E-state index in [9.17, 15) is 9.59 Å². The number of hydrogen-bond donors (Lipinski definition) is 2. The number of carbonyl (C=O) groups excluding carboxylic acids is 2. The average molecular weight is 280 g/mol. The molecule has 0 saturated heterocycles. The van der Waals surface area contributed by atoms with Crippen LogP contribution in [0.5, 0.6) is 11.5 Å². The molecule has 0 aromatic heterocycles. The highest BCUT2D eigenvalue weighted by atomic mass is 16.5. The molecule has 0 fully saturated rings. The van der Waals surface area contributed by atoms with E-state index in [1.807, 2.05) is 6.07 Å². The second-order valence-electron chi connectivity index (χ2n) is 4.13. The van der Waals surface area contributed by atoms with Gasteiger partial charge in [0.05, 0.1) is 20.8 Å². The molecule has 20 heavy (non-hydrogen) atoms. The van der Waals surface area contributed by atoms with Crippen molar-refractivity contribution in [2.24, 2.45) is 0 Å². The van der Waals surface area contributed by atoms with Crippen molar-refractivity contribution in [1.82, 2.24) is 10.6 Å². The van der Waals surface area contributed by atoms with Crippen molar-refractivity contribution in [3.05, 3.63) is 23.8 Å². The van der Waals surface area contributed by atoms with Crippen LogP contribution in [0.1, 0.15) is 12.0 Å². The Morgan fingerprint density at radius 2 is 1.90 bits per heavy atom. The number of benzene rings is 1. The Labute approximate surface area is 118 Å². The number of hydrogen-bond acceptors (Lipinski definition) is 4. The fourth-order valence-corrected chi connectivity index (χ4v) is 1.68. The van der Waals surface area contributed by atoms with Crippen molar-refractivity contribution in [2.45, 2.75) is 12.8 Å². The molecule has 0 radical (unpaired) electrons. The molecule has 6 nitrogen and oxygen atoms in total. The Kier molecular flexibility index (Phi) is 6.36. The van der Waals surface area contributed by atoms with Gasteiger partial charge in [-0.05, 0) is 30.2 Å². The molecule has 2 amide bonds. The predicted molar refractivity (Wildman–Crippen MR) is 74.9 cm³/mol. The molecule has 0 spiro atoms. The van der Waals surface area contributed by atoms with Crippen molar-refractivity contribution < 1.29 is 19.1 Å². The highest BCUT2D eigenvalue weighted by molar-refractivity contribution is 5.84. The first-order valence-electron chi connectivity index (χ1n) is 6.29. The third kappa shape index (κ3) is 4.79. The monoisotopic (exact) mass is 280 g/mol. The Morgan fingerprint density at radius 3 is 2.50 bits per heavy atom. The summed E-state index contributed by atoms with van der Waals surface area (Å²) in [5.41, 5.74) is 0.891. The van der Waals surface area contributed by atoms with E-state index >= 15 is 0 Å². The smallest absolute Gasteiger partial charge is 0.239 e. The molecular weight excluding hydrogens is 260 g/mol. The first kappa shape index (κ1) is 15.8. The maximum absolute atomic E-state index is 11.6. The standard InChI is InChI=1S/C14H20N2O4/c1-15-14(18)9-16-13(17)7-4-10-8-11(19-2)5-6-12(10)20-3/h5-6,8H,4,7,9H2,1-3H3,(H,15,18)(H,16,17). The van der Waals surface area contributed by atoms with E-state index in [-0.39, 0.29) is 24.8 Å². The molecule has 0 aliphatic heterocycles. The van der Waals surface area contributed by atoms with E-state index < -0.39 is 0 Å². The molecule has 2 N–H and O–H groups in total. The Hall–Kier alpha value is -2.24. The number of aryl methyl sites for hydroxylation is 1. The average Bonchev–Trinajstić information content (AvgIpc) is 2.49. The molecule has 0 atom stereocenters. The molecule has 0 heterocycles. The number of nitrogens with one attached hydrogen (secondary N) is 2. The second-order valence-corrected chi connectivity index (χ2v) is 4.13.